The Balaban J connectivity index is 1.37. The topological polar surface area (TPSA) is 84.4 Å². The standard InChI is InChI=1S/C29H29ClN4O3/c1-29(2,3)37-28(35)33-12-10-19(11-13-33)21-6-9-26-25(14-21)23(18-36-26)17-34-16-22(15-31)27(32-34)20-4-7-24(30)8-5-20/h4-10,14-16,18,31H,11-13,17H2,1-3H3. The molecule has 0 fully saturated rings. The molecule has 7 nitrogen and oxygen atoms in total. The smallest absolute Gasteiger partial charge is 0.410 e. The lowest BCUT2D eigenvalue weighted by molar-refractivity contribution is 0.0270. The van der Waals surface area contributed by atoms with Crippen LogP contribution in [-0.2, 0) is 11.3 Å². The molecular formula is C29H29ClN4O3. The largest absolute Gasteiger partial charge is 0.464 e. The fourth-order valence-corrected chi connectivity index (χ4v) is 4.58. The molecule has 1 amide bonds. The number of carbonyl (C=O) groups is 1. The number of nitrogens with one attached hydrogen (secondary N) is 1. The van der Waals surface area contributed by atoms with Crippen molar-refractivity contribution < 1.29 is 13.9 Å². The highest BCUT2D eigenvalue weighted by atomic mass is 35.5. The summed E-state index contributed by atoms with van der Waals surface area (Å²) in [7, 11) is 0. The molecule has 5 rings (SSSR count). The van der Waals surface area contributed by atoms with Crippen LogP contribution in [0.3, 0.4) is 0 Å². The van der Waals surface area contributed by atoms with Gasteiger partial charge in [0, 0.05) is 52.6 Å². The lowest BCUT2D eigenvalue weighted by Gasteiger charge is -2.29. The highest BCUT2D eigenvalue weighted by Crippen LogP contribution is 2.30. The van der Waals surface area contributed by atoms with Gasteiger partial charge in [-0.3, -0.25) is 4.68 Å². The van der Waals surface area contributed by atoms with Crippen molar-refractivity contribution in [3.8, 4) is 11.3 Å². The number of nitrogens with zero attached hydrogens (tertiary/aromatic N) is 3. The minimum absolute atomic E-state index is 0.281. The maximum Gasteiger partial charge on any atom is 0.410 e. The number of amides is 1. The monoisotopic (exact) mass is 516 g/mol. The van der Waals surface area contributed by atoms with Gasteiger partial charge >= 0.3 is 6.09 Å². The number of hydrogen-bond donors (Lipinski definition) is 1. The first-order chi connectivity index (χ1) is 17.7. The van der Waals surface area contributed by atoms with E-state index in [4.69, 9.17) is 31.3 Å². The van der Waals surface area contributed by atoms with E-state index in [0.29, 0.717) is 24.7 Å². The van der Waals surface area contributed by atoms with Gasteiger partial charge in [0.1, 0.15) is 16.9 Å². The summed E-state index contributed by atoms with van der Waals surface area (Å²) in [6.45, 7) is 7.28. The number of ether oxygens (including phenoxy) is 1. The van der Waals surface area contributed by atoms with Crippen LogP contribution in [0, 0.1) is 5.41 Å². The molecular weight excluding hydrogens is 488 g/mol. The van der Waals surface area contributed by atoms with Gasteiger partial charge in [-0.05, 0) is 62.6 Å². The first kappa shape index (κ1) is 24.8. The van der Waals surface area contributed by atoms with Crippen LogP contribution in [0.5, 0.6) is 0 Å². The zero-order chi connectivity index (χ0) is 26.2. The van der Waals surface area contributed by atoms with Crippen LogP contribution in [0.1, 0.15) is 43.9 Å². The Morgan fingerprint density at radius 1 is 1.19 bits per heavy atom. The molecule has 0 unspecified atom stereocenters. The Hall–Kier alpha value is -3.84. The predicted molar refractivity (Wildman–Crippen MR) is 146 cm³/mol. The predicted octanol–water partition coefficient (Wildman–Crippen LogP) is 7.02. The van der Waals surface area contributed by atoms with Gasteiger partial charge in [-0.2, -0.15) is 5.10 Å². The molecule has 3 heterocycles. The highest BCUT2D eigenvalue weighted by molar-refractivity contribution is 6.30. The third-order valence-corrected chi connectivity index (χ3v) is 6.53. The fourth-order valence-electron chi connectivity index (χ4n) is 4.46. The van der Waals surface area contributed by atoms with E-state index < -0.39 is 5.60 Å². The maximum atomic E-state index is 12.4. The van der Waals surface area contributed by atoms with Crippen molar-refractivity contribution in [2.24, 2.45) is 0 Å². The van der Waals surface area contributed by atoms with E-state index in [1.165, 1.54) is 11.8 Å². The summed E-state index contributed by atoms with van der Waals surface area (Å²) in [5, 5.41) is 14.3. The lowest BCUT2D eigenvalue weighted by atomic mass is 9.97. The molecule has 0 saturated heterocycles. The lowest BCUT2D eigenvalue weighted by Crippen LogP contribution is -2.39. The van der Waals surface area contributed by atoms with Crippen molar-refractivity contribution in [2.45, 2.75) is 39.3 Å². The molecule has 190 valence electrons. The number of carbonyl (C=O) groups excluding carboxylic acids is 1. The van der Waals surface area contributed by atoms with Crippen molar-refractivity contribution in [3.63, 3.8) is 0 Å². The first-order valence-corrected chi connectivity index (χ1v) is 12.6. The van der Waals surface area contributed by atoms with Gasteiger partial charge in [0.05, 0.1) is 12.8 Å². The van der Waals surface area contributed by atoms with E-state index >= 15 is 0 Å². The van der Waals surface area contributed by atoms with Crippen molar-refractivity contribution in [1.82, 2.24) is 14.7 Å². The van der Waals surface area contributed by atoms with Gasteiger partial charge < -0.3 is 19.5 Å². The molecule has 2 aromatic carbocycles. The Kier molecular flexibility index (Phi) is 6.65. The molecule has 0 radical (unpaired) electrons. The molecule has 0 aliphatic carbocycles. The van der Waals surface area contributed by atoms with Crippen LogP contribution in [0.15, 0.2) is 65.4 Å². The molecule has 4 aromatic rings. The zero-order valence-corrected chi connectivity index (χ0v) is 21.9. The molecule has 2 aromatic heterocycles. The number of furan rings is 1. The van der Waals surface area contributed by atoms with E-state index in [9.17, 15) is 4.79 Å². The SMILES string of the molecule is CC(C)(C)OC(=O)N1CC=C(c2ccc3occ(Cn4cc(C=N)c(-c5ccc(Cl)cc5)n4)c3c2)CC1. The van der Waals surface area contributed by atoms with Crippen molar-refractivity contribution in [1.29, 1.82) is 5.41 Å². The summed E-state index contributed by atoms with van der Waals surface area (Å²) in [6.07, 6.45) is 7.52. The first-order valence-electron chi connectivity index (χ1n) is 12.2. The van der Waals surface area contributed by atoms with Crippen molar-refractivity contribution in [2.75, 3.05) is 13.1 Å². The minimum atomic E-state index is -0.507. The highest BCUT2D eigenvalue weighted by Gasteiger charge is 2.24. The zero-order valence-electron chi connectivity index (χ0n) is 21.1. The van der Waals surface area contributed by atoms with Gasteiger partial charge in [0.15, 0.2) is 0 Å². The average Bonchev–Trinajstić information content (AvgIpc) is 3.47. The maximum absolute atomic E-state index is 12.4. The number of aromatic nitrogens is 2. The summed E-state index contributed by atoms with van der Waals surface area (Å²) < 4.78 is 13.2. The van der Waals surface area contributed by atoms with E-state index in [-0.39, 0.29) is 6.09 Å². The Bertz CT molecular complexity index is 1490. The van der Waals surface area contributed by atoms with Crippen molar-refractivity contribution >= 4 is 40.5 Å². The third-order valence-electron chi connectivity index (χ3n) is 6.28. The molecule has 1 aliphatic heterocycles. The second-order valence-electron chi connectivity index (χ2n) is 10.2. The minimum Gasteiger partial charge on any atom is -0.464 e. The number of halogens is 1. The van der Waals surface area contributed by atoms with Gasteiger partial charge in [-0.15, -0.1) is 0 Å². The molecule has 37 heavy (non-hydrogen) atoms. The summed E-state index contributed by atoms with van der Waals surface area (Å²) in [5.74, 6) is 0. The molecule has 1 aliphatic rings. The molecule has 0 saturated carbocycles. The Morgan fingerprint density at radius 2 is 1.95 bits per heavy atom. The summed E-state index contributed by atoms with van der Waals surface area (Å²) >= 11 is 6.03. The van der Waals surface area contributed by atoms with Gasteiger partial charge in [0.2, 0.25) is 0 Å². The molecule has 0 spiro atoms. The van der Waals surface area contributed by atoms with E-state index in [1.807, 2.05) is 62.0 Å². The second-order valence-corrected chi connectivity index (χ2v) is 10.6. The van der Waals surface area contributed by atoms with Crippen LogP contribution in [0.25, 0.3) is 27.8 Å². The van der Waals surface area contributed by atoms with Crippen LogP contribution in [-0.4, -0.2) is 45.7 Å². The summed E-state index contributed by atoms with van der Waals surface area (Å²) in [5.41, 5.74) is 6.00. The number of hydrogen-bond acceptors (Lipinski definition) is 5. The third kappa shape index (κ3) is 5.47. The molecule has 0 atom stereocenters. The molecule has 0 bridgehead atoms. The average molecular weight is 517 g/mol. The van der Waals surface area contributed by atoms with Gasteiger partial charge in [0.25, 0.3) is 0 Å². The van der Waals surface area contributed by atoms with E-state index in [2.05, 4.69) is 18.2 Å². The second kappa shape index (κ2) is 9.90. The Labute approximate surface area is 220 Å². The van der Waals surface area contributed by atoms with E-state index in [1.54, 1.807) is 11.2 Å². The van der Waals surface area contributed by atoms with E-state index in [0.717, 1.165) is 45.3 Å². The van der Waals surface area contributed by atoms with Crippen molar-refractivity contribution in [3.05, 3.63) is 82.7 Å². The van der Waals surface area contributed by atoms with Crippen LogP contribution in [0.2, 0.25) is 5.02 Å². The van der Waals surface area contributed by atoms with Crippen LogP contribution < -0.4 is 0 Å². The summed E-state index contributed by atoms with van der Waals surface area (Å²) in [4.78, 5) is 14.1. The molecule has 1 N–H and O–H groups in total. The summed E-state index contributed by atoms with van der Waals surface area (Å²) in [6, 6.07) is 13.6. The van der Waals surface area contributed by atoms with Gasteiger partial charge in [-0.1, -0.05) is 35.9 Å². The number of rotatable bonds is 5. The molecule has 8 heteroatoms. The number of fused-ring (bicyclic) bond motifs is 1. The van der Waals surface area contributed by atoms with Crippen LogP contribution in [0.4, 0.5) is 4.79 Å². The van der Waals surface area contributed by atoms with Crippen LogP contribution >= 0.6 is 11.6 Å². The van der Waals surface area contributed by atoms with Gasteiger partial charge in [-0.25, -0.2) is 4.79 Å². The fraction of sp³-hybridized carbons (Fsp3) is 0.276. The quantitative estimate of drug-likeness (QED) is 0.289. The Morgan fingerprint density at radius 3 is 2.62 bits per heavy atom. The number of benzene rings is 2. The normalized spacial score (nSPS) is 14.1.